The minimum atomic E-state index is -1.15. The molecule has 2 bridgehead atoms. The molecule has 0 radical (unpaired) electrons. The maximum absolute atomic E-state index is 12.8. The molecular weight excluding hydrogens is 318 g/mol. The van der Waals surface area contributed by atoms with Crippen LogP contribution >= 0.6 is 0 Å². The summed E-state index contributed by atoms with van der Waals surface area (Å²) in [6.07, 6.45) is 4.56. The van der Waals surface area contributed by atoms with Crippen molar-refractivity contribution < 1.29 is 19.1 Å². The van der Waals surface area contributed by atoms with Crippen LogP contribution in [0.3, 0.4) is 0 Å². The van der Waals surface area contributed by atoms with Crippen molar-refractivity contribution in [3.8, 4) is 11.3 Å². The van der Waals surface area contributed by atoms with Crippen LogP contribution in [0.1, 0.15) is 12.2 Å². The molecule has 4 atom stereocenters. The second kappa shape index (κ2) is 5.92. The van der Waals surface area contributed by atoms with E-state index in [-0.39, 0.29) is 17.7 Å². The zero-order chi connectivity index (χ0) is 17.6. The molecule has 1 heterocycles. The average molecular weight is 336 g/mol. The molecule has 2 aliphatic rings. The number of rotatable bonds is 4. The third kappa shape index (κ3) is 2.65. The number of hydrogen-bond donors (Lipinski definition) is 1. The summed E-state index contributed by atoms with van der Waals surface area (Å²) in [4.78, 5) is 24.4. The molecule has 0 unspecified atom stereocenters. The number of aliphatic carboxylic acids is 1. The number of anilines is 1. The molecule has 1 aromatic carbocycles. The Kier molecular flexibility index (Phi) is 3.71. The van der Waals surface area contributed by atoms with Gasteiger partial charge < -0.3 is 19.6 Å². The van der Waals surface area contributed by atoms with Gasteiger partial charge in [0.2, 0.25) is 5.91 Å². The SMILES string of the molecule is Cc1ccc(-c2ccccc2NC(=O)[C@@H]2[C@@H](C(=O)[O-])[C@H]3C=C[C@@H]2C3)o1. The third-order valence-corrected chi connectivity index (χ3v) is 5.22. The van der Waals surface area contributed by atoms with Crippen LogP contribution in [-0.4, -0.2) is 11.9 Å². The third-order valence-electron chi connectivity index (χ3n) is 5.22. The van der Waals surface area contributed by atoms with Gasteiger partial charge in [-0.3, -0.25) is 4.79 Å². The quantitative estimate of drug-likeness (QED) is 0.869. The van der Waals surface area contributed by atoms with E-state index in [1.54, 1.807) is 6.07 Å². The van der Waals surface area contributed by atoms with E-state index in [2.05, 4.69) is 5.32 Å². The van der Waals surface area contributed by atoms with Crippen molar-refractivity contribution in [2.24, 2.45) is 23.7 Å². The number of carbonyl (C=O) groups is 2. The van der Waals surface area contributed by atoms with Crippen LogP contribution in [0.15, 0.2) is 53.0 Å². The molecule has 128 valence electrons. The molecule has 5 nitrogen and oxygen atoms in total. The largest absolute Gasteiger partial charge is 0.550 e. The van der Waals surface area contributed by atoms with Crippen LogP contribution in [0, 0.1) is 30.6 Å². The van der Waals surface area contributed by atoms with Gasteiger partial charge in [0.15, 0.2) is 0 Å². The maximum Gasteiger partial charge on any atom is 0.228 e. The van der Waals surface area contributed by atoms with Gasteiger partial charge in [-0.15, -0.1) is 0 Å². The van der Waals surface area contributed by atoms with Crippen molar-refractivity contribution in [3.05, 3.63) is 54.3 Å². The number of benzene rings is 1. The zero-order valence-corrected chi connectivity index (χ0v) is 13.8. The minimum absolute atomic E-state index is 0.0362. The van der Waals surface area contributed by atoms with E-state index in [0.717, 1.165) is 11.3 Å². The topological polar surface area (TPSA) is 82.4 Å². The highest BCUT2D eigenvalue weighted by Crippen LogP contribution is 2.48. The molecule has 2 aromatic rings. The number of aryl methyl sites for hydroxylation is 1. The van der Waals surface area contributed by atoms with Crippen LogP contribution in [0.4, 0.5) is 5.69 Å². The number of allylic oxidation sites excluding steroid dienone is 2. The molecule has 1 saturated carbocycles. The molecule has 1 fully saturated rings. The Hall–Kier alpha value is -2.82. The van der Waals surface area contributed by atoms with E-state index in [4.69, 9.17) is 4.42 Å². The van der Waals surface area contributed by atoms with E-state index in [1.165, 1.54) is 0 Å². The van der Waals surface area contributed by atoms with Crippen molar-refractivity contribution in [2.45, 2.75) is 13.3 Å². The smallest absolute Gasteiger partial charge is 0.228 e. The lowest BCUT2D eigenvalue weighted by Gasteiger charge is -2.28. The van der Waals surface area contributed by atoms with E-state index in [9.17, 15) is 14.7 Å². The van der Waals surface area contributed by atoms with Crippen molar-refractivity contribution in [3.63, 3.8) is 0 Å². The molecule has 2 aliphatic carbocycles. The molecule has 0 spiro atoms. The summed E-state index contributed by atoms with van der Waals surface area (Å²) in [7, 11) is 0. The first-order chi connectivity index (χ1) is 12.0. The second-order valence-electron chi connectivity index (χ2n) is 6.76. The van der Waals surface area contributed by atoms with Gasteiger partial charge in [0, 0.05) is 17.5 Å². The molecule has 1 aromatic heterocycles. The van der Waals surface area contributed by atoms with Gasteiger partial charge in [-0.1, -0.05) is 24.3 Å². The van der Waals surface area contributed by atoms with E-state index in [0.29, 0.717) is 17.9 Å². The summed E-state index contributed by atoms with van der Waals surface area (Å²) in [6, 6.07) is 11.1. The van der Waals surface area contributed by atoms with Crippen LogP contribution in [0.25, 0.3) is 11.3 Å². The Bertz CT molecular complexity index is 866. The summed E-state index contributed by atoms with van der Waals surface area (Å²) < 4.78 is 5.66. The molecular formula is C20H18NO4-. The van der Waals surface area contributed by atoms with Gasteiger partial charge in [0.25, 0.3) is 0 Å². The number of carbonyl (C=O) groups excluding carboxylic acids is 2. The van der Waals surface area contributed by atoms with Crippen LogP contribution in [-0.2, 0) is 9.59 Å². The standard InChI is InChI=1S/C20H19NO4/c1-11-6-9-16(25-11)14-4-2-3-5-15(14)21-19(22)17-12-7-8-13(10-12)18(17)20(23)24/h2-9,12-13,17-18H,10H2,1H3,(H,21,22)(H,23,24)/p-1/t12-,13+,17+,18+/m1/s1. The number of carboxylic acids is 1. The van der Waals surface area contributed by atoms with Crippen LogP contribution in [0.2, 0.25) is 0 Å². The fourth-order valence-electron chi connectivity index (χ4n) is 4.10. The lowest BCUT2D eigenvalue weighted by atomic mass is 9.82. The van der Waals surface area contributed by atoms with Gasteiger partial charge in [-0.25, -0.2) is 0 Å². The summed E-state index contributed by atoms with van der Waals surface area (Å²) in [5, 5.41) is 14.4. The fraction of sp³-hybridized carbons (Fsp3) is 0.300. The summed E-state index contributed by atoms with van der Waals surface area (Å²) >= 11 is 0. The maximum atomic E-state index is 12.8. The molecule has 4 rings (SSSR count). The molecule has 0 aliphatic heterocycles. The van der Waals surface area contributed by atoms with Crippen molar-refractivity contribution in [1.29, 1.82) is 0 Å². The first-order valence-electron chi connectivity index (χ1n) is 8.40. The Balaban J connectivity index is 1.62. The highest BCUT2D eigenvalue weighted by Gasteiger charge is 2.48. The van der Waals surface area contributed by atoms with Gasteiger partial charge in [0.1, 0.15) is 11.5 Å². The highest BCUT2D eigenvalue weighted by atomic mass is 16.4. The van der Waals surface area contributed by atoms with Gasteiger partial charge in [-0.05, 0) is 49.4 Å². The van der Waals surface area contributed by atoms with Crippen molar-refractivity contribution in [1.82, 2.24) is 0 Å². The Morgan fingerprint density at radius 3 is 2.48 bits per heavy atom. The number of para-hydroxylation sites is 1. The zero-order valence-electron chi connectivity index (χ0n) is 13.8. The van der Waals surface area contributed by atoms with Crippen molar-refractivity contribution in [2.75, 3.05) is 5.32 Å². The van der Waals surface area contributed by atoms with Crippen LogP contribution < -0.4 is 10.4 Å². The summed E-state index contributed by atoms with van der Waals surface area (Å²) in [5.74, 6) is -1.46. The average Bonchev–Trinajstić information content (AvgIpc) is 3.30. The minimum Gasteiger partial charge on any atom is -0.550 e. The number of nitrogens with one attached hydrogen (secondary N) is 1. The van der Waals surface area contributed by atoms with Gasteiger partial charge >= 0.3 is 0 Å². The normalized spacial score (nSPS) is 26.8. The number of hydrogen-bond acceptors (Lipinski definition) is 4. The van der Waals surface area contributed by atoms with Crippen molar-refractivity contribution >= 4 is 17.6 Å². The predicted molar refractivity (Wildman–Crippen MR) is 90.2 cm³/mol. The Labute approximate surface area is 145 Å². The first kappa shape index (κ1) is 15.7. The number of fused-ring (bicyclic) bond motifs is 2. The first-order valence-corrected chi connectivity index (χ1v) is 8.40. The Morgan fingerprint density at radius 1 is 1.08 bits per heavy atom. The molecule has 5 heteroatoms. The number of carboxylic acid groups (broad SMARTS) is 1. The van der Waals surface area contributed by atoms with E-state index in [1.807, 2.05) is 49.4 Å². The lowest BCUT2D eigenvalue weighted by Crippen LogP contribution is -2.42. The predicted octanol–water partition coefficient (Wildman–Crippen LogP) is 2.38. The number of amides is 1. The van der Waals surface area contributed by atoms with Gasteiger partial charge in [0.05, 0.1) is 11.6 Å². The van der Waals surface area contributed by atoms with E-state index < -0.39 is 17.8 Å². The molecule has 25 heavy (non-hydrogen) atoms. The fourth-order valence-corrected chi connectivity index (χ4v) is 4.10. The monoisotopic (exact) mass is 336 g/mol. The Morgan fingerprint density at radius 2 is 1.80 bits per heavy atom. The highest BCUT2D eigenvalue weighted by molar-refractivity contribution is 5.99. The lowest BCUT2D eigenvalue weighted by molar-refractivity contribution is -0.313. The molecule has 1 N–H and O–H groups in total. The summed E-state index contributed by atoms with van der Waals surface area (Å²) in [6.45, 7) is 1.86. The molecule has 1 amide bonds. The van der Waals surface area contributed by atoms with Crippen LogP contribution in [0.5, 0.6) is 0 Å². The second-order valence-corrected chi connectivity index (χ2v) is 6.76. The van der Waals surface area contributed by atoms with E-state index >= 15 is 0 Å². The summed E-state index contributed by atoms with van der Waals surface area (Å²) in [5.41, 5.74) is 1.39. The van der Waals surface area contributed by atoms with Gasteiger partial charge in [-0.2, -0.15) is 0 Å². The number of furan rings is 1. The molecule has 0 saturated heterocycles.